The van der Waals surface area contributed by atoms with Gasteiger partial charge in [-0.05, 0) is 48.6 Å². The molecule has 0 saturated carbocycles. The van der Waals surface area contributed by atoms with Gasteiger partial charge in [-0.15, -0.1) is 0 Å². The second-order valence-corrected chi connectivity index (χ2v) is 6.18. The normalized spacial score (nSPS) is 15.8. The van der Waals surface area contributed by atoms with E-state index in [2.05, 4.69) is 28.1 Å². The van der Waals surface area contributed by atoms with Crippen molar-refractivity contribution in [3.05, 3.63) is 59.4 Å². The summed E-state index contributed by atoms with van der Waals surface area (Å²) in [6.45, 7) is 1.37. The number of nitrogens with one attached hydrogen (secondary N) is 3. The van der Waals surface area contributed by atoms with Crippen LogP contribution in [0, 0.1) is 5.82 Å². The molecule has 0 saturated heterocycles. The zero-order valence-electron chi connectivity index (χ0n) is 13.9. The molecule has 130 valence electrons. The number of amides is 3. The fourth-order valence-electron chi connectivity index (χ4n) is 3.07. The molecule has 2 aromatic carbocycles. The topological polar surface area (TPSA) is 70.2 Å². The Morgan fingerprint density at radius 1 is 1.08 bits per heavy atom. The highest BCUT2D eigenvalue weighted by molar-refractivity contribution is 5.92. The van der Waals surface area contributed by atoms with Gasteiger partial charge < -0.3 is 16.0 Å². The van der Waals surface area contributed by atoms with Crippen molar-refractivity contribution >= 4 is 23.3 Å². The van der Waals surface area contributed by atoms with E-state index in [9.17, 15) is 14.0 Å². The van der Waals surface area contributed by atoms with Crippen molar-refractivity contribution in [3.63, 3.8) is 0 Å². The first-order valence-corrected chi connectivity index (χ1v) is 8.22. The minimum Gasteiger partial charge on any atom is -0.335 e. The van der Waals surface area contributed by atoms with E-state index in [-0.39, 0.29) is 17.6 Å². The Balaban J connectivity index is 1.62. The fourth-order valence-corrected chi connectivity index (χ4v) is 3.07. The lowest BCUT2D eigenvalue weighted by atomic mass is 9.88. The second-order valence-electron chi connectivity index (χ2n) is 6.18. The third kappa shape index (κ3) is 4.35. The molecule has 5 nitrogen and oxygen atoms in total. The summed E-state index contributed by atoms with van der Waals surface area (Å²) in [5.41, 5.74) is 3.00. The number of benzene rings is 2. The third-order valence-electron chi connectivity index (χ3n) is 4.22. The molecule has 1 atom stereocenters. The Bertz CT molecular complexity index is 807. The molecule has 25 heavy (non-hydrogen) atoms. The highest BCUT2D eigenvalue weighted by Gasteiger charge is 2.20. The van der Waals surface area contributed by atoms with E-state index in [1.165, 1.54) is 36.2 Å². The van der Waals surface area contributed by atoms with Crippen LogP contribution in [-0.2, 0) is 17.6 Å². The van der Waals surface area contributed by atoms with Crippen LogP contribution >= 0.6 is 0 Å². The van der Waals surface area contributed by atoms with Gasteiger partial charge in [0.1, 0.15) is 5.82 Å². The van der Waals surface area contributed by atoms with Crippen molar-refractivity contribution in [1.82, 2.24) is 5.32 Å². The Hall–Kier alpha value is -2.89. The van der Waals surface area contributed by atoms with E-state index in [0.717, 1.165) is 19.3 Å². The molecule has 0 unspecified atom stereocenters. The van der Waals surface area contributed by atoms with Crippen molar-refractivity contribution in [2.45, 2.75) is 32.2 Å². The van der Waals surface area contributed by atoms with Gasteiger partial charge in [-0.2, -0.15) is 0 Å². The van der Waals surface area contributed by atoms with Gasteiger partial charge in [-0.1, -0.05) is 24.3 Å². The van der Waals surface area contributed by atoms with Gasteiger partial charge in [0.15, 0.2) is 0 Å². The van der Waals surface area contributed by atoms with Crippen LogP contribution in [0.3, 0.4) is 0 Å². The molecule has 0 radical (unpaired) electrons. The fraction of sp³-hybridized carbons (Fsp3) is 0.263. The molecule has 1 aliphatic rings. The van der Waals surface area contributed by atoms with E-state index >= 15 is 0 Å². The van der Waals surface area contributed by atoms with Gasteiger partial charge in [0.25, 0.3) is 0 Å². The van der Waals surface area contributed by atoms with Gasteiger partial charge in [-0.3, -0.25) is 4.79 Å². The van der Waals surface area contributed by atoms with Crippen LogP contribution in [0.4, 0.5) is 20.6 Å². The molecule has 3 N–H and O–H groups in total. The van der Waals surface area contributed by atoms with Crippen LogP contribution in [0.5, 0.6) is 0 Å². The molecular formula is C19H20FN3O2. The van der Waals surface area contributed by atoms with E-state index in [4.69, 9.17) is 0 Å². The molecule has 3 amide bonds. The number of hydrogen-bond donors (Lipinski definition) is 3. The number of anilines is 2. The molecule has 0 aliphatic heterocycles. The number of urea groups is 1. The number of carbonyl (C=O) groups is 2. The SMILES string of the molecule is CC(=O)Nc1ccc(F)c(NC(=O)N[C@@H]2CCc3ccccc3C2)c1. The Kier molecular flexibility index (Phi) is 4.97. The average Bonchev–Trinajstić information content (AvgIpc) is 2.57. The van der Waals surface area contributed by atoms with Crippen LogP contribution in [0.25, 0.3) is 0 Å². The number of fused-ring (bicyclic) bond motifs is 1. The first-order chi connectivity index (χ1) is 12.0. The second kappa shape index (κ2) is 7.34. The molecule has 0 aromatic heterocycles. The average molecular weight is 341 g/mol. The predicted molar refractivity (Wildman–Crippen MR) is 95.1 cm³/mol. The monoisotopic (exact) mass is 341 g/mol. The van der Waals surface area contributed by atoms with Crippen LogP contribution in [0.2, 0.25) is 0 Å². The van der Waals surface area contributed by atoms with Crippen molar-refractivity contribution in [1.29, 1.82) is 0 Å². The zero-order chi connectivity index (χ0) is 17.8. The maximum Gasteiger partial charge on any atom is 0.319 e. The van der Waals surface area contributed by atoms with Crippen LogP contribution in [0.1, 0.15) is 24.5 Å². The van der Waals surface area contributed by atoms with E-state index in [1.807, 2.05) is 12.1 Å². The zero-order valence-corrected chi connectivity index (χ0v) is 13.9. The summed E-state index contributed by atoms with van der Waals surface area (Å²) in [5.74, 6) is -0.818. The summed E-state index contributed by atoms with van der Waals surface area (Å²) in [6, 6.07) is 11.8. The molecule has 0 bridgehead atoms. The van der Waals surface area contributed by atoms with Crippen molar-refractivity contribution in [2.75, 3.05) is 10.6 Å². The summed E-state index contributed by atoms with van der Waals surface area (Å²) in [6.07, 6.45) is 2.52. The summed E-state index contributed by atoms with van der Waals surface area (Å²) < 4.78 is 13.9. The largest absolute Gasteiger partial charge is 0.335 e. The van der Waals surface area contributed by atoms with Crippen LogP contribution in [-0.4, -0.2) is 18.0 Å². The molecule has 2 aromatic rings. The van der Waals surface area contributed by atoms with Crippen LogP contribution < -0.4 is 16.0 Å². The Labute approximate surface area is 145 Å². The molecular weight excluding hydrogens is 321 g/mol. The van der Waals surface area contributed by atoms with Gasteiger partial charge in [0.2, 0.25) is 5.91 Å². The van der Waals surface area contributed by atoms with E-state index in [1.54, 1.807) is 0 Å². The molecule has 6 heteroatoms. The summed E-state index contributed by atoms with van der Waals surface area (Å²) in [7, 11) is 0. The number of halogens is 1. The van der Waals surface area contributed by atoms with Crippen molar-refractivity contribution in [3.8, 4) is 0 Å². The highest BCUT2D eigenvalue weighted by atomic mass is 19.1. The lowest BCUT2D eigenvalue weighted by Gasteiger charge is -2.25. The van der Waals surface area contributed by atoms with Crippen molar-refractivity contribution in [2.24, 2.45) is 0 Å². The van der Waals surface area contributed by atoms with Crippen LogP contribution in [0.15, 0.2) is 42.5 Å². The molecule has 3 rings (SSSR count). The molecule has 1 aliphatic carbocycles. The minimum atomic E-state index is -0.557. The number of carbonyl (C=O) groups excluding carboxylic acids is 2. The maximum absolute atomic E-state index is 13.9. The number of aryl methyl sites for hydroxylation is 1. The predicted octanol–water partition coefficient (Wildman–Crippen LogP) is 3.46. The van der Waals surface area contributed by atoms with Gasteiger partial charge in [0, 0.05) is 18.7 Å². The summed E-state index contributed by atoms with van der Waals surface area (Å²) >= 11 is 0. The molecule has 0 spiro atoms. The minimum absolute atomic E-state index is 0.0106. The Morgan fingerprint density at radius 3 is 2.60 bits per heavy atom. The standard InChI is InChI=1S/C19H20FN3O2/c1-12(24)21-16-8-9-17(20)18(11-16)23-19(25)22-15-7-6-13-4-2-3-5-14(13)10-15/h2-5,8-9,11,15H,6-7,10H2,1H3,(H,21,24)(H2,22,23,25)/t15-/m1/s1. The lowest BCUT2D eigenvalue weighted by molar-refractivity contribution is -0.114. The van der Waals surface area contributed by atoms with E-state index < -0.39 is 11.8 Å². The lowest BCUT2D eigenvalue weighted by Crippen LogP contribution is -2.41. The van der Waals surface area contributed by atoms with Crippen molar-refractivity contribution < 1.29 is 14.0 Å². The molecule has 0 fully saturated rings. The summed E-state index contributed by atoms with van der Waals surface area (Å²) in [4.78, 5) is 23.3. The quantitative estimate of drug-likeness (QED) is 0.800. The molecule has 0 heterocycles. The smallest absolute Gasteiger partial charge is 0.319 e. The maximum atomic E-state index is 13.9. The Morgan fingerprint density at radius 2 is 1.84 bits per heavy atom. The number of rotatable bonds is 3. The van der Waals surface area contributed by atoms with Gasteiger partial charge in [0.05, 0.1) is 5.69 Å². The first-order valence-electron chi connectivity index (χ1n) is 8.22. The number of hydrogen-bond acceptors (Lipinski definition) is 2. The summed E-state index contributed by atoms with van der Waals surface area (Å²) in [5, 5.41) is 7.97. The third-order valence-corrected chi connectivity index (χ3v) is 4.22. The van der Waals surface area contributed by atoms with E-state index in [0.29, 0.717) is 5.69 Å². The highest BCUT2D eigenvalue weighted by Crippen LogP contribution is 2.22. The van der Waals surface area contributed by atoms with Gasteiger partial charge >= 0.3 is 6.03 Å². The van der Waals surface area contributed by atoms with Gasteiger partial charge in [-0.25, -0.2) is 9.18 Å². The first kappa shape index (κ1) is 17.0.